The van der Waals surface area contributed by atoms with Gasteiger partial charge in [0.05, 0.1) is 17.4 Å². The smallest absolute Gasteiger partial charge is 0.251 e. The van der Waals surface area contributed by atoms with Crippen LogP contribution < -0.4 is 5.32 Å². The summed E-state index contributed by atoms with van der Waals surface area (Å²) in [6.07, 6.45) is 0. The second kappa shape index (κ2) is 8.52. The van der Waals surface area contributed by atoms with Gasteiger partial charge in [0.15, 0.2) is 0 Å². The fourth-order valence-corrected chi connectivity index (χ4v) is 3.97. The molecular weight excluding hydrogens is 394 g/mol. The molecule has 5 rings (SSSR count). The van der Waals surface area contributed by atoms with E-state index in [4.69, 9.17) is 0 Å². The Hall–Kier alpha value is -4.18. The van der Waals surface area contributed by atoms with Crippen LogP contribution >= 0.6 is 0 Å². The molecule has 0 fully saturated rings. The first-order valence-corrected chi connectivity index (χ1v) is 10.7. The lowest BCUT2D eigenvalue weighted by molar-refractivity contribution is 0.0940. The number of fused-ring (bicyclic) bond motifs is 1. The van der Waals surface area contributed by atoms with Crippen molar-refractivity contribution in [3.8, 4) is 22.5 Å². The second-order valence-electron chi connectivity index (χ2n) is 7.88. The highest BCUT2D eigenvalue weighted by molar-refractivity contribution is 5.96. The molecular formula is C28H23N3O. The average molecular weight is 418 g/mol. The van der Waals surface area contributed by atoms with Crippen molar-refractivity contribution in [1.82, 2.24) is 15.5 Å². The van der Waals surface area contributed by atoms with E-state index >= 15 is 0 Å². The van der Waals surface area contributed by atoms with Crippen molar-refractivity contribution in [2.24, 2.45) is 0 Å². The van der Waals surface area contributed by atoms with Gasteiger partial charge in [-0.3, -0.25) is 9.89 Å². The van der Waals surface area contributed by atoms with Gasteiger partial charge in [-0.15, -0.1) is 0 Å². The van der Waals surface area contributed by atoms with E-state index in [9.17, 15) is 4.79 Å². The number of benzene rings is 4. The quantitative estimate of drug-likeness (QED) is 0.348. The third-order valence-electron chi connectivity index (χ3n) is 5.75. The van der Waals surface area contributed by atoms with Crippen LogP contribution in [-0.4, -0.2) is 16.1 Å². The van der Waals surface area contributed by atoms with Crippen molar-refractivity contribution in [3.05, 3.63) is 114 Å². The summed E-state index contributed by atoms with van der Waals surface area (Å²) in [6, 6.07) is 34.1. The van der Waals surface area contributed by atoms with Crippen LogP contribution in [-0.2, 0) is 0 Å². The van der Waals surface area contributed by atoms with Crippen LogP contribution in [0.25, 0.3) is 33.3 Å². The number of nitrogens with one attached hydrogen (secondary N) is 2. The molecule has 0 bridgehead atoms. The highest BCUT2D eigenvalue weighted by Gasteiger charge is 2.13. The molecule has 5 aromatic rings. The molecule has 1 atom stereocenters. The lowest BCUT2D eigenvalue weighted by Gasteiger charge is -2.14. The van der Waals surface area contributed by atoms with E-state index in [0.717, 1.165) is 28.1 Å². The van der Waals surface area contributed by atoms with Crippen molar-refractivity contribution < 1.29 is 4.79 Å². The minimum Gasteiger partial charge on any atom is -0.346 e. The first-order chi connectivity index (χ1) is 15.7. The molecule has 0 spiro atoms. The van der Waals surface area contributed by atoms with Crippen LogP contribution in [0.1, 0.15) is 28.9 Å². The molecule has 0 aliphatic heterocycles. The molecule has 0 aliphatic rings. The van der Waals surface area contributed by atoms with Gasteiger partial charge in [0.25, 0.3) is 5.91 Å². The standard InChI is InChI=1S/C28H23N3O/c1-19(20-8-3-2-4-9-20)29-28(32)23-16-14-22(15-17-23)26-18-27(31-30-26)25-13-7-11-21-10-5-6-12-24(21)25/h2-19H,1H3,(H,29,32)(H,30,31). The predicted octanol–water partition coefficient (Wildman–Crippen LogP) is 6.39. The molecule has 1 aromatic heterocycles. The zero-order chi connectivity index (χ0) is 21.9. The van der Waals surface area contributed by atoms with E-state index in [2.05, 4.69) is 45.8 Å². The third-order valence-corrected chi connectivity index (χ3v) is 5.75. The Bertz CT molecular complexity index is 1370. The average Bonchev–Trinajstić information content (AvgIpc) is 3.34. The minimum atomic E-state index is -0.0913. The molecule has 32 heavy (non-hydrogen) atoms. The molecule has 2 N–H and O–H groups in total. The van der Waals surface area contributed by atoms with E-state index in [1.807, 2.05) is 79.7 Å². The van der Waals surface area contributed by atoms with Crippen LogP contribution in [0.5, 0.6) is 0 Å². The van der Waals surface area contributed by atoms with Crippen molar-refractivity contribution in [1.29, 1.82) is 0 Å². The number of carbonyl (C=O) groups excluding carboxylic acids is 1. The Kier molecular flexibility index (Phi) is 5.26. The molecule has 4 nitrogen and oxygen atoms in total. The zero-order valence-corrected chi connectivity index (χ0v) is 17.7. The molecule has 1 heterocycles. The van der Waals surface area contributed by atoms with Gasteiger partial charge in [-0.05, 0) is 41.5 Å². The van der Waals surface area contributed by atoms with Gasteiger partial charge in [-0.1, -0.05) is 84.9 Å². The van der Waals surface area contributed by atoms with E-state index < -0.39 is 0 Å². The summed E-state index contributed by atoms with van der Waals surface area (Å²) in [6.45, 7) is 1.99. The van der Waals surface area contributed by atoms with Crippen molar-refractivity contribution in [2.75, 3.05) is 0 Å². The molecule has 1 unspecified atom stereocenters. The van der Waals surface area contributed by atoms with E-state index in [1.54, 1.807) is 0 Å². The lowest BCUT2D eigenvalue weighted by atomic mass is 10.0. The largest absolute Gasteiger partial charge is 0.346 e. The summed E-state index contributed by atoms with van der Waals surface area (Å²) in [5.41, 5.74) is 5.59. The molecule has 4 aromatic carbocycles. The molecule has 156 valence electrons. The summed E-state index contributed by atoms with van der Waals surface area (Å²) in [5.74, 6) is -0.0913. The predicted molar refractivity (Wildman–Crippen MR) is 129 cm³/mol. The SMILES string of the molecule is CC(NC(=O)c1ccc(-c2cc(-c3cccc4ccccc34)[nH]n2)cc1)c1ccccc1. The number of carbonyl (C=O) groups is 1. The fraction of sp³-hybridized carbons (Fsp3) is 0.0714. The lowest BCUT2D eigenvalue weighted by Crippen LogP contribution is -2.26. The summed E-state index contributed by atoms with van der Waals surface area (Å²) in [7, 11) is 0. The van der Waals surface area contributed by atoms with Gasteiger partial charge in [0.2, 0.25) is 0 Å². The first-order valence-electron chi connectivity index (χ1n) is 10.7. The maximum atomic E-state index is 12.7. The van der Waals surface area contributed by atoms with Crippen LogP contribution in [0.4, 0.5) is 0 Å². The van der Waals surface area contributed by atoms with E-state index in [1.165, 1.54) is 10.8 Å². The topological polar surface area (TPSA) is 57.8 Å². The van der Waals surface area contributed by atoms with Crippen molar-refractivity contribution in [2.45, 2.75) is 13.0 Å². The Morgan fingerprint density at radius 2 is 1.56 bits per heavy atom. The summed E-state index contributed by atoms with van der Waals surface area (Å²) >= 11 is 0. The molecule has 0 aliphatic carbocycles. The number of rotatable bonds is 5. The van der Waals surface area contributed by atoms with Gasteiger partial charge in [0, 0.05) is 16.7 Å². The van der Waals surface area contributed by atoms with Gasteiger partial charge in [-0.2, -0.15) is 5.10 Å². The second-order valence-corrected chi connectivity index (χ2v) is 7.88. The Morgan fingerprint density at radius 3 is 2.38 bits per heavy atom. The fourth-order valence-electron chi connectivity index (χ4n) is 3.97. The summed E-state index contributed by atoms with van der Waals surface area (Å²) in [4.78, 5) is 12.7. The highest BCUT2D eigenvalue weighted by Crippen LogP contribution is 2.30. The maximum absolute atomic E-state index is 12.7. The zero-order valence-electron chi connectivity index (χ0n) is 17.7. The van der Waals surface area contributed by atoms with Gasteiger partial charge < -0.3 is 5.32 Å². The van der Waals surface area contributed by atoms with Crippen molar-refractivity contribution >= 4 is 16.7 Å². The number of aromatic nitrogens is 2. The van der Waals surface area contributed by atoms with Crippen LogP contribution in [0.2, 0.25) is 0 Å². The number of nitrogens with zero attached hydrogens (tertiary/aromatic N) is 1. The molecule has 0 radical (unpaired) electrons. The van der Waals surface area contributed by atoms with Gasteiger partial charge >= 0.3 is 0 Å². The maximum Gasteiger partial charge on any atom is 0.251 e. The van der Waals surface area contributed by atoms with E-state index in [0.29, 0.717) is 5.56 Å². The van der Waals surface area contributed by atoms with Gasteiger partial charge in [-0.25, -0.2) is 0 Å². The number of aromatic amines is 1. The monoisotopic (exact) mass is 417 g/mol. The van der Waals surface area contributed by atoms with Crippen LogP contribution in [0, 0.1) is 0 Å². The number of amides is 1. The number of H-pyrrole nitrogens is 1. The molecule has 0 saturated heterocycles. The summed E-state index contributed by atoms with van der Waals surface area (Å²) < 4.78 is 0. The number of hydrogen-bond acceptors (Lipinski definition) is 2. The van der Waals surface area contributed by atoms with Crippen LogP contribution in [0.3, 0.4) is 0 Å². The Morgan fingerprint density at radius 1 is 0.844 bits per heavy atom. The van der Waals surface area contributed by atoms with Crippen LogP contribution in [0.15, 0.2) is 103 Å². The molecule has 0 saturated carbocycles. The first kappa shape index (κ1) is 19.8. The number of hydrogen-bond donors (Lipinski definition) is 2. The van der Waals surface area contributed by atoms with Crippen molar-refractivity contribution in [3.63, 3.8) is 0 Å². The minimum absolute atomic E-state index is 0.0574. The molecule has 1 amide bonds. The summed E-state index contributed by atoms with van der Waals surface area (Å²) in [5, 5.41) is 13.1. The molecule has 4 heteroatoms. The third kappa shape index (κ3) is 3.91. The Balaban J connectivity index is 1.35. The van der Waals surface area contributed by atoms with E-state index in [-0.39, 0.29) is 11.9 Å². The normalized spacial score (nSPS) is 11.9. The van der Waals surface area contributed by atoms with Gasteiger partial charge in [0.1, 0.15) is 0 Å². The highest BCUT2D eigenvalue weighted by atomic mass is 16.1. The Labute approximate surface area is 186 Å².